The van der Waals surface area contributed by atoms with E-state index in [4.69, 9.17) is 13.0 Å². The van der Waals surface area contributed by atoms with Gasteiger partial charge in [-0.15, -0.1) is 0 Å². The van der Waals surface area contributed by atoms with Gasteiger partial charge in [-0.3, -0.25) is 0 Å². The van der Waals surface area contributed by atoms with Gasteiger partial charge in [0.1, 0.15) is 14.5 Å². The van der Waals surface area contributed by atoms with Gasteiger partial charge in [-0.05, 0) is 0 Å². The van der Waals surface area contributed by atoms with Crippen molar-refractivity contribution in [2.45, 2.75) is 0 Å². The molecule has 0 aliphatic carbocycles. The summed E-state index contributed by atoms with van der Waals surface area (Å²) in [7, 11) is 4.79. The Morgan fingerprint density at radius 3 is 2.57 bits per heavy atom. The van der Waals surface area contributed by atoms with Crippen molar-refractivity contribution in [2.24, 2.45) is 0 Å². The number of ether oxygens (including phenoxy) is 1. The molecular formula is C3H5BO3. The Kier molecular flexibility index (Phi) is 3.41. The van der Waals surface area contributed by atoms with Gasteiger partial charge in [-0.2, -0.15) is 0 Å². The maximum atomic E-state index is 9.58. The predicted molar refractivity (Wildman–Crippen MR) is 24.2 cm³/mol. The Hall–Kier alpha value is -0.505. The lowest BCUT2D eigenvalue weighted by Crippen LogP contribution is -2.07. The van der Waals surface area contributed by atoms with Crippen LogP contribution in [0.25, 0.3) is 0 Å². The molecular weight excluding hydrogens is 94.8 g/mol. The number of carboxylic acid groups (broad SMARTS) is 1. The number of carboxylic acids is 1. The average Bonchev–Trinajstić information content (AvgIpc) is 1.61. The van der Waals surface area contributed by atoms with Gasteiger partial charge in [0.25, 0.3) is 0 Å². The zero-order valence-corrected chi connectivity index (χ0v) is 3.76. The third-order valence-corrected chi connectivity index (χ3v) is 0.343. The lowest BCUT2D eigenvalue weighted by Gasteiger charge is -1.90. The number of hydrogen-bond donors (Lipinski definition) is 1. The van der Waals surface area contributed by atoms with Crippen LogP contribution in [0.1, 0.15) is 0 Å². The molecule has 0 aliphatic heterocycles. The third-order valence-electron chi connectivity index (χ3n) is 0.343. The van der Waals surface area contributed by atoms with E-state index in [1.165, 1.54) is 0 Å². The van der Waals surface area contributed by atoms with E-state index >= 15 is 0 Å². The number of aliphatic carboxylic acids is 1. The molecule has 0 saturated carbocycles. The second-order valence-electron chi connectivity index (χ2n) is 0.909. The Morgan fingerprint density at radius 2 is 2.43 bits per heavy atom. The Labute approximate surface area is 42.7 Å². The second-order valence-corrected chi connectivity index (χ2v) is 0.909. The van der Waals surface area contributed by atoms with E-state index in [1.54, 1.807) is 0 Å². The van der Waals surface area contributed by atoms with E-state index < -0.39 is 5.97 Å². The monoisotopic (exact) mass is 100 g/mol. The molecule has 0 aromatic heterocycles. The summed E-state index contributed by atoms with van der Waals surface area (Å²) >= 11 is 0. The van der Waals surface area contributed by atoms with Gasteiger partial charge in [0.2, 0.25) is 0 Å². The zero-order chi connectivity index (χ0) is 5.70. The first-order chi connectivity index (χ1) is 3.27. The van der Waals surface area contributed by atoms with Gasteiger partial charge in [0.15, 0.2) is 0 Å². The SMILES string of the molecule is [B]COCC(=O)O. The van der Waals surface area contributed by atoms with Crippen molar-refractivity contribution < 1.29 is 14.6 Å². The number of carbonyl (C=O) groups is 1. The summed E-state index contributed by atoms with van der Waals surface area (Å²) in [4.78, 5) is 9.58. The minimum Gasteiger partial charge on any atom is -0.480 e. The molecule has 0 heterocycles. The summed E-state index contributed by atoms with van der Waals surface area (Å²) < 4.78 is 4.27. The van der Waals surface area contributed by atoms with Crippen LogP contribution in [0, 0.1) is 0 Å². The van der Waals surface area contributed by atoms with Crippen molar-refractivity contribution in [1.82, 2.24) is 0 Å². The summed E-state index contributed by atoms with van der Waals surface area (Å²) in [5.41, 5.74) is 0. The molecule has 7 heavy (non-hydrogen) atoms. The standard InChI is InChI=1S/C3H5BO3/c4-2-7-1-3(5)6/h1-2H2,(H,5,6). The molecule has 0 amide bonds. The van der Waals surface area contributed by atoms with Gasteiger partial charge in [0.05, 0.1) is 0 Å². The van der Waals surface area contributed by atoms with Crippen LogP contribution in [0.15, 0.2) is 0 Å². The maximum Gasteiger partial charge on any atom is 0.329 e. The zero-order valence-electron chi connectivity index (χ0n) is 3.76. The Morgan fingerprint density at radius 1 is 1.86 bits per heavy atom. The predicted octanol–water partition coefficient (Wildman–Crippen LogP) is -0.786. The van der Waals surface area contributed by atoms with Crippen molar-refractivity contribution in [1.29, 1.82) is 0 Å². The van der Waals surface area contributed by atoms with E-state index in [-0.39, 0.29) is 13.1 Å². The molecule has 0 aromatic rings. The first-order valence-corrected chi connectivity index (χ1v) is 1.77. The fourth-order valence-corrected chi connectivity index (χ4v) is 0.146. The van der Waals surface area contributed by atoms with Gasteiger partial charge >= 0.3 is 5.97 Å². The largest absolute Gasteiger partial charge is 0.480 e. The maximum absolute atomic E-state index is 9.58. The van der Waals surface area contributed by atoms with E-state index in [0.717, 1.165) is 0 Å². The fraction of sp³-hybridized carbons (Fsp3) is 0.667. The fourth-order valence-electron chi connectivity index (χ4n) is 0.146. The highest BCUT2D eigenvalue weighted by atomic mass is 16.5. The molecule has 0 saturated heterocycles. The average molecular weight is 99.9 g/mol. The molecule has 0 spiro atoms. The van der Waals surface area contributed by atoms with E-state index in [0.29, 0.717) is 0 Å². The summed E-state index contributed by atoms with van der Waals surface area (Å²) in [6.45, 7) is -0.344. The first kappa shape index (κ1) is 6.49. The van der Waals surface area contributed by atoms with Crippen molar-refractivity contribution >= 4 is 13.8 Å². The van der Waals surface area contributed by atoms with E-state index in [2.05, 4.69) is 4.74 Å². The van der Waals surface area contributed by atoms with Crippen molar-refractivity contribution in [3.05, 3.63) is 0 Å². The van der Waals surface area contributed by atoms with Gasteiger partial charge in [0, 0.05) is 6.51 Å². The molecule has 1 N–H and O–H groups in total. The molecule has 3 nitrogen and oxygen atoms in total. The highest BCUT2D eigenvalue weighted by Crippen LogP contribution is 1.66. The number of rotatable bonds is 3. The lowest BCUT2D eigenvalue weighted by molar-refractivity contribution is -0.141. The Bertz CT molecular complexity index is 63.2. The van der Waals surface area contributed by atoms with Crippen LogP contribution in [0.3, 0.4) is 0 Å². The summed E-state index contributed by atoms with van der Waals surface area (Å²) in [5.74, 6) is -0.995. The topological polar surface area (TPSA) is 46.5 Å². The molecule has 0 bridgehead atoms. The third kappa shape index (κ3) is 5.49. The van der Waals surface area contributed by atoms with Crippen molar-refractivity contribution in [3.8, 4) is 0 Å². The van der Waals surface area contributed by atoms with Gasteiger partial charge in [-0.1, -0.05) is 0 Å². The minimum absolute atomic E-state index is 0.0354. The van der Waals surface area contributed by atoms with Gasteiger partial charge in [-0.25, -0.2) is 4.79 Å². The van der Waals surface area contributed by atoms with E-state index in [9.17, 15) is 4.79 Å². The van der Waals surface area contributed by atoms with Crippen LogP contribution >= 0.6 is 0 Å². The normalized spacial score (nSPS) is 8.57. The van der Waals surface area contributed by atoms with Crippen LogP contribution in [0.2, 0.25) is 0 Å². The summed E-state index contributed by atoms with van der Waals surface area (Å²) in [5, 5.41) is 7.86. The van der Waals surface area contributed by atoms with Gasteiger partial charge < -0.3 is 9.84 Å². The van der Waals surface area contributed by atoms with Crippen LogP contribution in [0.5, 0.6) is 0 Å². The molecule has 4 heteroatoms. The Balaban J connectivity index is 2.82. The molecule has 0 atom stereocenters. The molecule has 38 valence electrons. The highest BCUT2D eigenvalue weighted by Gasteiger charge is 1.90. The molecule has 0 aromatic carbocycles. The summed E-state index contributed by atoms with van der Waals surface area (Å²) in [6, 6.07) is 0. The minimum atomic E-state index is -0.995. The molecule has 0 aliphatic rings. The van der Waals surface area contributed by atoms with Crippen LogP contribution in [0.4, 0.5) is 0 Å². The van der Waals surface area contributed by atoms with Crippen LogP contribution < -0.4 is 0 Å². The smallest absolute Gasteiger partial charge is 0.329 e. The lowest BCUT2D eigenvalue weighted by atomic mass is 10.2. The van der Waals surface area contributed by atoms with E-state index in [1.807, 2.05) is 0 Å². The molecule has 0 fully saturated rings. The van der Waals surface area contributed by atoms with Crippen LogP contribution in [-0.4, -0.2) is 32.0 Å². The molecule has 0 unspecified atom stereocenters. The quantitative estimate of drug-likeness (QED) is 0.473. The van der Waals surface area contributed by atoms with Crippen LogP contribution in [-0.2, 0) is 9.53 Å². The second kappa shape index (κ2) is 3.68. The number of hydrogen-bond acceptors (Lipinski definition) is 2. The van der Waals surface area contributed by atoms with Crippen molar-refractivity contribution in [3.63, 3.8) is 0 Å². The molecule has 0 rings (SSSR count). The summed E-state index contributed by atoms with van der Waals surface area (Å²) in [6.07, 6.45) is 0. The molecule has 2 radical (unpaired) electrons. The first-order valence-electron chi connectivity index (χ1n) is 1.77. The highest BCUT2D eigenvalue weighted by molar-refractivity contribution is 6.08. The van der Waals surface area contributed by atoms with Crippen molar-refractivity contribution in [2.75, 3.05) is 13.1 Å².